The van der Waals surface area contributed by atoms with Gasteiger partial charge in [-0.2, -0.15) is 0 Å². The van der Waals surface area contributed by atoms with E-state index in [0.717, 1.165) is 21.5 Å². The third kappa shape index (κ3) is 4.34. The number of carbonyl (C=O) groups is 2. The lowest BCUT2D eigenvalue weighted by atomic mass is 9.98. The van der Waals surface area contributed by atoms with E-state index in [1.807, 2.05) is 25.1 Å². The smallest absolute Gasteiger partial charge is 0.348 e. The minimum Gasteiger partial charge on any atom is -0.451 e. The quantitative estimate of drug-likeness (QED) is 0.609. The summed E-state index contributed by atoms with van der Waals surface area (Å²) in [4.78, 5) is 24.8. The second kappa shape index (κ2) is 7.88. The molecule has 0 spiro atoms. The predicted octanol–water partition coefficient (Wildman–Crippen LogP) is 5.27. The fourth-order valence-corrected chi connectivity index (χ4v) is 3.77. The number of para-hydroxylation sites is 1. The van der Waals surface area contributed by atoms with Gasteiger partial charge in [0.2, 0.25) is 0 Å². The maximum Gasteiger partial charge on any atom is 0.348 e. The lowest BCUT2D eigenvalue weighted by molar-refractivity contribution is -0.119. The van der Waals surface area contributed by atoms with E-state index in [9.17, 15) is 14.0 Å². The molecule has 0 aliphatic carbocycles. The normalized spacial score (nSPS) is 11.0. The number of rotatable bonds is 5. The molecule has 0 saturated carbocycles. The molecule has 0 fully saturated rings. The molecule has 3 rings (SSSR count). The number of anilines is 1. The van der Waals surface area contributed by atoms with Gasteiger partial charge in [0.25, 0.3) is 5.91 Å². The Kier molecular flexibility index (Phi) is 5.56. The van der Waals surface area contributed by atoms with E-state index in [-0.39, 0.29) is 18.3 Å². The summed E-state index contributed by atoms with van der Waals surface area (Å²) in [5.74, 6) is -1.10. The van der Waals surface area contributed by atoms with Gasteiger partial charge in [-0.25, -0.2) is 9.18 Å². The summed E-state index contributed by atoms with van der Waals surface area (Å²) in [5.41, 5.74) is 2.74. The molecule has 0 radical (unpaired) electrons. The number of carbonyl (C=O) groups excluding carboxylic acids is 2. The Labute approximate surface area is 161 Å². The van der Waals surface area contributed by atoms with Gasteiger partial charge < -0.3 is 10.1 Å². The summed E-state index contributed by atoms with van der Waals surface area (Å²) in [6.45, 7) is 5.64. The fraction of sp³-hybridized carbons (Fsp3) is 0.238. The number of hydrogen-bond donors (Lipinski definition) is 1. The summed E-state index contributed by atoms with van der Waals surface area (Å²) in [6, 6.07) is 11.7. The Balaban J connectivity index is 1.66. The van der Waals surface area contributed by atoms with Crippen LogP contribution in [-0.2, 0) is 9.53 Å². The van der Waals surface area contributed by atoms with E-state index >= 15 is 0 Å². The molecule has 0 saturated heterocycles. The minimum absolute atomic E-state index is 0.252. The molecule has 1 heterocycles. The van der Waals surface area contributed by atoms with Crippen molar-refractivity contribution in [3.8, 4) is 0 Å². The predicted molar refractivity (Wildman–Crippen MR) is 106 cm³/mol. The molecular weight excluding hydrogens is 365 g/mol. The zero-order valence-electron chi connectivity index (χ0n) is 15.3. The molecule has 0 atom stereocenters. The molecule has 0 unspecified atom stereocenters. The Hall–Kier alpha value is -2.73. The van der Waals surface area contributed by atoms with Crippen molar-refractivity contribution in [2.24, 2.45) is 0 Å². The van der Waals surface area contributed by atoms with Gasteiger partial charge in [-0.3, -0.25) is 4.79 Å². The Morgan fingerprint density at radius 1 is 1.19 bits per heavy atom. The van der Waals surface area contributed by atoms with E-state index in [4.69, 9.17) is 4.74 Å². The van der Waals surface area contributed by atoms with Crippen LogP contribution in [0, 0.1) is 12.7 Å². The fourth-order valence-electron chi connectivity index (χ4n) is 2.83. The van der Waals surface area contributed by atoms with Crippen LogP contribution in [0.15, 0.2) is 42.5 Å². The third-order valence-electron chi connectivity index (χ3n) is 4.21. The van der Waals surface area contributed by atoms with Crippen LogP contribution in [0.1, 0.15) is 40.6 Å². The lowest BCUT2D eigenvalue weighted by Crippen LogP contribution is -2.22. The summed E-state index contributed by atoms with van der Waals surface area (Å²) in [6.07, 6.45) is 0. The number of benzene rings is 2. The van der Waals surface area contributed by atoms with Gasteiger partial charge in [0.05, 0.1) is 0 Å². The van der Waals surface area contributed by atoms with Crippen LogP contribution in [0.2, 0.25) is 0 Å². The van der Waals surface area contributed by atoms with Crippen molar-refractivity contribution >= 4 is 39.0 Å². The molecule has 0 aliphatic heterocycles. The summed E-state index contributed by atoms with van der Waals surface area (Å²) in [7, 11) is 0. The van der Waals surface area contributed by atoms with Gasteiger partial charge in [0, 0.05) is 10.4 Å². The Morgan fingerprint density at radius 2 is 1.96 bits per heavy atom. The van der Waals surface area contributed by atoms with Crippen molar-refractivity contribution in [1.82, 2.24) is 0 Å². The van der Waals surface area contributed by atoms with Crippen molar-refractivity contribution in [3.05, 3.63) is 64.3 Å². The number of esters is 1. The highest BCUT2D eigenvalue weighted by atomic mass is 32.1. The van der Waals surface area contributed by atoms with Crippen molar-refractivity contribution in [2.45, 2.75) is 26.7 Å². The van der Waals surface area contributed by atoms with Gasteiger partial charge >= 0.3 is 5.97 Å². The minimum atomic E-state index is -0.597. The SMILES string of the molecule is Cc1cccc(C(C)C)c1NC(=O)COC(=O)c1cc2cc(F)ccc2s1. The topological polar surface area (TPSA) is 55.4 Å². The highest BCUT2D eigenvalue weighted by molar-refractivity contribution is 7.20. The number of nitrogens with one attached hydrogen (secondary N) is 1. The molecule has 3 aromatic rings. The number of fused-ring (bicyclic) bond motifs is 1. The molecule has 4 nitrogen and oxygen atoms in total. The first-order valence-electron chi connectivity index (χ1n) is 8.60. The van der Waals surface area contributed by atoms with Crippen LogP contribution < -0.4 is 5.32 Å². The Morgan fingerprint density at radius 3 is 2.70 bits per heavy atom. The molecule has 27 heavy (non-hydrogen) atoms. The highest BCUT2D eigenvalue weighted by Crippen LogP contribution is 2.28. The number of hydrogen-bond acceptors (Lipinski definition) is 4. The molecule has 1 amide bonds. The summed E-state index contributed by atoms with van der Waals surface area (Å²) in [5, 5.41) is 3.48. The second-order valence-electron chi connectivity index (χ2n) is 6.61. The maximum atomic E-state index is 13.3. The lowest BCUT2D eigenvalue weighted by Gasteiger charge is -2.16. The molecule has 1 aromatic heterocycles. The largest absolute Gasteiger partial charge is 0.451 e. The standard InChI is InChI=1S/C21H20FNO3S/c1-12(2)16-6-4-5-13(3)20(16)23-19(24)11-26-21(25)18-10-14-9-15(22)7-8-17(14)27-18/h4-10,12H,11H2,1-3H3,(H,23,24). The van der Waals surface area contributed by atoms with Gasteiger partial charge in [-0.05, 0) is 53.6 Å². The van der Waals surface area contributed by atoms with Crippen LogP contribution in [0.4, 0.5) is 10.1 Å². The van der Waals surface area contributed by atoms with Crippen LogP contribution in [0.25, 0.3) is 10.1 Å². The van der Waals surface area contributed by atoms with E-state index in [2.05, 4.69) is 19.2 Å². The molecule has 1 N–H and O–H groups in total. The highest BCUT2D eigenvalue weighted by Gasteiger charge is 2.16. The molecule has 6 heteroatoms. The van der Waals surface area contributed by atoms with Crippen LogP contribution in [-0.4, -0.2) is 18.5 Å². The van der Waals surface area contributed by atoms with Crippen LogP contribution >= 0.6 is 11.3 Å². The third-order valence-corrected chi connectivity index (χ3v) is 5.30. The first-order valence-corrected chi connectivity index (χ1v) is 9.42. The molecule has 2 aromatic carbocycles. The van der Waals surface area contributed by atoms with E-state index < -0.39 is 11.9 Å². The maximum absolute atomic E-state index is 13.3. The average Bonchev–Trinajstić information content (AvgIpc) is 3.04. The van der Waals surface area contributed by atoms with Gasteiger partial charge in [-0.1, -0.05) is 32.0 Å². The van der Waals surface area contributed by atoms with Crippen molar-refractivity contribution < 1.29 is 18.7 Å². The van der Waals surface area contributed by atoms with Crippen molar-refractivity contribution in [3.63, 3.8) is 0 Å². The Bertz CT molecular complexity index is 1010. The molecular formula is C21H20FNO3S. The number of thiophene rings is 1. The van der Waals surface area contributed by atoms with Crippen LogP contribution in [0.3, 0.4) is 0 Å². The van der Waals surface area contributed by atoms with E-state index in [1.54, 1.807) is 12.1 Å². The van der Waals surface area contributed by atoms with E-state index in [0.29, 0.717) is 10.3 Å². The average molecular weight is 385 g/mol. The first kappa shape index (κ1) is 19.0. The van der Waals surface area contributed by atoms with Crippen molar-refractivity contribution in [2.75, 3.05) is 11.9 Å². The first-order chi connectivity index (χ1) is 12.8. The number of amides is 1. The number of ether oxygens (including phenoxy) is 1. The molecule has 140 valence electrons. The summed E-state index contributed by atoms with van der Waals surface area (Å²) >= 11 is 1.21. The van der Waals surface area contributed by atoms with Crippen molar-refractivity contribution in [1.29, 1.82) is 0 Å². The van der Waals surface area contributed by atoms with Gasteiger partial charge in [-0.15, -0.1) is 11.3 Å². The second-order valence-corrected chi connectivity index (χ2v) is 7.69. The van der Waals surface area contributed by atoms with E-state index in [1.165, 1.54) is 23.5 Å². The zero-order chi connectivity index (χ0) is 19.6. The summed E-state index contributed by atoms with van der Waals surface area (Å²) < 4.78 is 19.2. The zero-order valence-corrected chi connectivity index (χ0v) is 16.2. The van der Waals surface area contributed by atoms with Crippen LogP contribution in [0.5, 0.6) is 0 Å². The monoisotopic (exact) mass is 385 g/mol. The van der Waals surface area contributed by atoms with Gasteiger partial charge in [0.1, 0.15) is 10.7 Å². The molecule has 0 aliphatic rings. The van der Waals surface area contributed by atoms with Gasteiger partial charge in [0.15, 0.2) is 6.61 Å². The number of aryl methyl sites for hydroxylation is 1. The molecule has 0 bridgehead atoms. The number of halogens is 1.